The van der Waals surface area contributed by atoms with E-state index in [-0.39, 0.29) is 5.41 Å². The van der Waals surface area contributed by atoms with Gasteiger partial charge in [0.25, 0.3) is 0 Å². The van der Waals surface area contributed by atoms with Crippen LogP contribution < -0.4 is 5.32 Å². The fourth-order valence-corrected chi connectivity index (χ4v) is 4.05. The van der Waals surface area contributed by atoms with Crippen LogP contribution in [-0.4, -0.2) is 23.1 Å². The summed E-state index contributed by atoms with van der Waals surface area (Å²) < 4.78 is 44.2. The Hall–Kier alpha value is -2.66. The first kappa shape index (κ1) is 18.7. The van der Waals surface area contributed by atoms with Gasteiger partial charge >= 0.3 is 6.18 Å². The molecule has 5 rings (SSSR count). The van der Waals surface area contributed by atoms with E-state index in [9.17, 15) is 13.2 Å². The number of hydrogen-bond donors (Lipinski definition) is 1. The molecule has 3 heterocycles. The Morgan fingerprint density at radius 2 is 1.86 bits per heavy atom. The standard InChI is InChI=1S/C20H19F3N4O/c1-24-15-3-2-4-16(9-15)27-12-18-5-7-19(8-6-18,28-13-18)14-10-25-17(26-11-14)20(21,22)23/h2-4,9-11,27H,5-8,12-13H2. The quantitative estimate of drug-likeness (QED) is 0.754. The van der Waals surface area contributed by atoms with Crippen LogP contribution in [0.5, 0.6) is 0 Å². The zero-order chi connectivity index (χ0) is 19.8. The molecule has 0 amide bonds. The normalized spacial score (nSPS) is 26.6. The molecule has 1 aliphatic carbocycles. The smallest absolute Gasteiger partial charge is 0.385 e. The second-order valence-electron chi connectivity index (χ2n) is 7.59. The summed E-state index contributed by atoms with van der Waals surface area (Å²) >= 11 is 0. The summed E-state index contributed by atoms with van der Waals surface area (Å²) in [5, 5.41) is 3.41. The van der Waals surface area contributed by atoms with Crippen LogP contribution in [0.4, 0.5) is 24.5 Å². The Balaban J connectivity index is 1.43. The van der Waals surface area contributed by atoms with Gasteiger partial charge in [-0.05, 0) is 37.8 Å². The summed E-state index contributed by atoms with van der Waals surface area (Å²) in [6.45, 7) is 8.37. The Kier molecular flexibility index (Phi) is 4.50. The van der Waals surface area contributed by atoms with Gasteiger partial charge in [-0.1, -0.05) is 12.1 Å². The van der Waals surface area contributed by atoms with Gasteiger partial charge in [-0.15, -0.1) is 0 Å². The monoisotopic (exact) mass is 388 g/mol. The van der Waals surface area contributed by atoms with Crippen LogP contribution in [0.15, 0.2) is 36.7 Å². The van der Waals surface area contributed by atoms with Crippen LogP contribution in [0.2, 0.25) is 0 Å². The third-order valence-corrected chi connectivity index (χ3v) is 5.85. The molecule has 0 atom stereocenters. The van der Waals surface area contributed by atoms with Crippen molar-refractivity contribution in [3.8, 4) is 0 Å². The number of rotatable bonds is 4. The minimum absolute atomic E-state index is 0.0113. The molecule has 0 radical (unpaired) electrons. The molecule has 2 saturated heterocycles. The van der Waals surface area contributed by atoms with E-state index in [1.54, 1.807) is 6.07 Å². The van der Waals surface area contributed by atoms with Crippen LogP contribution in [-0.2, 0) is 16.5 Å². The molecular weight excluding hydrogens is 369 g/mol. The van der Waals surface area contributed by atoms with Crippen molar-refractivity contribution in [2.24, 2.45) is 5.41 Å². The van der Waals surface area contributed by atoms with Crippen molar-refractivity contribution in [3.63, 3.8) is 0 Å². The van der Waals surface area contributed by atoms with Gasteiger partial charge in [0.15, 0.2) is 5.69 Å². The summed E-state index contributed by atoms with van der Waals surface area (Å²) in [6, 6.07) is 7.37. The van der Waals surface area contributed by atoms with Crippen molar-refractivity contribution >= 4 is 11.4 Å². The van der Waals surface area contributed by atoms with E-state index in [2.05, 4.69) is 20.1 Å². The Morgan fingerprint density at radius 1 is 1.14 bits per heavy atom. The topological polar surface area (TPSA) is 51.4 Å². The Morgan fingerprint density at radius 3 is 2.43 bits per heavy atom. The average molecular weight is 388 g/mol. The van der Waals surface area contributed by atoms with Gasteiger partial charge in [0.1, 0.15) is 0 Å². The molecule has 1 saturated carbocycles. The van der Waals surface area contributed by atoms with E-state index in [1.165, 1.54) is 12.4 Å². The predicted molar refractivity (Wildman–Crippen MR) is 96.8 cm³/mol. The van der Waals surface area contributed by atoms with Crippen molar-refractivity contribution in [1.82, 2.24) is 9.97 Å². The summed E-state index contributed by atoms with van der Waals surface area (Å²) in [6.07, 6.45) is 1.23. The number of nitrogens with one attached hydrogen (secondary N) is 1. The van der Waals surface area contributed by atoms with Gasteiger partial charge in [0.2, 0.25) is 5.82 Å². The lowest BCUT2D eigenvalue weighted by Gasteiger charge is -2.53. The van der Waals surface area contributed by atoms with Crippen molar-refractivity contribution in [2.75, 3.05) is 18.5 Å². The predicted octanol–water partition coefficient (Wildman–Crippen LogP) is 4.94. The molecule has 3 aliphatic rings. The van der Waals surface area contributed by atoms with Crippen LogP contribution in [0.25, 0.3) is 4.85 Å². The molecule has 28 heavy (non-hydrogen) atoms. The van der Waals surface area contributed by atoms with Crippen molar-refractivity contribution in [1.29, 1.82) is 0 Å². The van der Waals surface area contributed by atoms with E-state index >= 15 is 0 Å². The number of fused-ring (bicyclic) bond motifs is 3. The third-order valence-electron chi connectivity index (χ3n) is 5.85. The highest BCUT2D eigenvalue weighted by atomic mass is 19.4. The molecule has 2 bridgehead atoms. The lowest BCUT2D eigenvalue weighted by atomic mass is 9.64. The van der Waals surface area contributed by atoms with Crippen LogP contribution in [0, 0.1) is 12.0 Å². The molecule has 3 fully saturated rings. The molecule has 0 unspecified atom stereocenters. The highest BCUT2D eigenvalue weighted by Crippen LogP contribution is 2.53. The second kappa shape index (κ2) is 6.74. The zero-order valence-electron chi connectivity index (χ0n) is 15.1. The van der Waals surface area contributed by atoms with Crippen LogP contribution in [0.1, 0.15) is 37.1 Å². The molecule has 8 heteroatoms. The van der Waals surface area contributed by atoms with Crippen molar-refractivity contribution < 1.29 is 17.9 Å². The summed E-state index contributed by atoms with van der Waals surface area (Å²) in [7, 11) is 0. The van der Waals surface area contributed by atoms with E-state index in [1.807, 2.05) is 18.2 Å². The van der Waals surface area contributed by atoms with E-state index < -0.39 is 17.6 Å². The first-order valence-corrected chi connectivity index (χ1v) is 9.09. The molecule has 146 valence electrons. The minimum Gasteiger partial charge on any atom is -0.385 e. The lowest BCUT2D eigenvalue weighted by Crippen LogP contribution is -2.52. The number of hydrogen-bond acceptors (Lipinski definition) is 4. The molecule has 1 aromatic heterocycles. The average Bonchev–Trinajstić information content (AvgIpc) is 2.73. The van der Waals surface area contributed by atoms with Gasteiger partial charge in [0, 0.05) is 35.6 Å². The molecule has 0 spiro atoms. The molecule has 1 N–H and O–H groups in total. The van der Waals surface area contributed by atoms with Crippen LogP contribution in [0.3, 0.4) is 0 Å². The minimum atomic E-state index is -4.54. The Bertz CT molecular complexity index is 880. The first-order chi connectivity index (χ1) is 13.3. The first-order valence-electron chi connectivity index (χ1n) is 9.09. The SMILES string of the molecule is [C-]#[N+]c1cccc(NCC23CCC(c4cnc(C(F)(F)F)nc4)(CC2)OC3)c1. The van der Waals surface area contributed by atoms with E-state index in [0.717, 1.165) is 37.9 Å². The molecule has 1 aromatic carbocycles. The van der Waals surface area contributed by atoms with Crippen molar-refractivity contribution in [2.45, 2.75) is 37.5 Å². The lowest BCUT2D eigenvalue weighted by molar-refractivity contribution is -0.185. The van der Waals surface area contributed by atoms with Gasteiger partial charge in [-0.3, -0.25) is 0 Å². The molecule has 2 aromatic rings. The fraction of sp³-hybridized carbons (Fsp3) is 0.450. The zero-order valence-corrected chi connectivity index (χ0v) is 15.1. The highest BCUT2D eigenvalue weighted by Gasteiger charge is 2.51. The van der Waals surface area contributed by atoms with E-state index in [4.69, 9.17) is 11.3 Å². The maximum Gasteiger partial charge on any atom is 0.451 e. The second-order valence-corrected chi connectivity index (χ2v) is 7.59. The maximum atomic E-state index is 12.7. The Labute approximate surface area is 160 Å². The van der Waals surface area contributed by atoms with Crippen molar-refractivity contribution in [3.05, 3.63) is 59.5 Å². The number of alkyl halides is 3. The van der Waals surface area contributed by atoms with E-state index in [0.29, 0.717) is 17.9 Å². The fourth-order valence-electron chi connectivity index (χ4n) is 4.05. The highest BCUT2D eigenvalue weighted by molar-refractivity contribution is 5.57. The number of nitrogens with zero attached hydrogens (tertiary/aromatic N) is 3. The van der Waals surface area contributed by atoms with Crippen LogP contribution >= 0.6 is 0 Å². The maximum absolute atomic E-state index is 12.7. The summed E-state index contributed by atoms with van der Waals surface area (Å²) in [5.74, 6) is -1.13. The van der Waals surface area contributed by atoms with Gasteiger partial charge in [-0.2, -0.15) is 13.2 Å². The number of benzene rings is 1. The third kappa shape index (κ3) is 3.42. The van der Waals surface area contributed by atoms with Gasteiger partial charge in [-0.25, -0.2) is 14.8 Å². The summed E-state index contributed by atoms with van der Waals surface area (Å²) in [5.41, 5.74) is 1.51. The number of halogens is 3. The largest absolute Gasteiger partial charge is 0.451 e. The molecule has 2 aliphatic heterocycles. The van der Waals surface area contributed by atoms with Gasteiger partial charge in [0.05, 0.1) is 18.8 Å². The number of ether oxygens (including phenoxy) is 1. The summed E-state index contributed by atoms with van der Waals surface area (Å²) in [4.78, 5) is 10.4. The molecular formula is C20H19F3N4O. The van der Waals surface area contributed by atoms with Gasteiger partial charge < -0.3 is 10.1 Å². The number of aromatic nitrogens is 2. The molecule has 5 nitrogen and oxygen atoms in total. The number of anilines is 1.